The number of hydrogen-bond acceptors (Lipinski definition) is 4. The summed E-state index contributed by atoms with van der Waals surface area (Å²) < 4.78 is 44.5. The lowest BCUT2D eigenvalue weighted by atomic mass is 9.79. The highest BCUT2D eigenvalue weighted by atomic mass is 19.4. The third kappa shape index (κ3) is 5.13. The van der Waals surface area contributed by atoms with Gasteiger partial charge in [-0.3, -0.25) is 9.78 Å². The fourth-order valence-electron chi connectivity index (χ4n) is 3.13. The zero-order valence-electron chi connectivity index (χ0n) is 14.1. The van der Waals surface area contributed by atoms with Crippen molar-refractivity contribution in [2.75, 3.05) is 33.2 Å². The van der Waals surface area contributed by atoms with E-state index in [4.69, 9.17) is 9.90 Å². The Morgan fingerprint density at radius 2 is 1.88 bits per heavy atom. The molecule has 6 nitrogen and oxygen atoms in total. The summed E-state index contributed by atoms with van der Waals surface area (Å²) in [5.41, 5.74) is 0.969. The third-order valence-electron chi connectivity index (χ3n) is 4.40. The molecule has 144 valence electrons. The minimum absolute atomic E-state index is 0.0966. The summed E-state index contributed by atoms with van der Waals surface area (Å²) in [6, 6.07) is 2.92. The van der Waals surface area contributed by atoms with Gasteiger partial charge in [-0.2, -0.15) is 13.2 Å². The summed E-state index contributed by atoms with van der Waals surface area (Å²) in [5, 5.41) is 7.12. The fraction of sp³-hybridized carbons (Fsp3) is 0.562. The first kappa shape index (κ1) is 20.1. The molecule has 1 amide bonds. The normalized spacial score (nSPS) is 18.9. The summed E-state index contributed by atoms with van der Waals surface area (Å²) in [7, 11) is 2.13. The van der Waals surface area contributed by atoms with E-state index in [0.29, 0.717) is 11.1 Å². The SMILES string of the molecule is CN1CCC2(C1)CN(C(=O)Cc1ccc(F)cn1)C2.O=C(O)C(F)(F)F. The van der Waals surface area contributed by atoms with Crippen LogP contribution in [0.5, 0.6) is 0 Å². The smallest absolute Gasteiger partial charge is 0.475 e. The van der Waals surface area contributed by atoms with Crippen LogP contribution in [0.2, 0.25) is 0 Å². The Kier molecular flexibility index (Phi) is 5.84. The second-order valence-electron chi connectivity index (χ2n) is 6.69. The summed E-state index contributed by atoms with van der Waals surface area (Å²) in [4.78, 5) is 29.1. The van der Waals surface area contributed by atoms with Crippen LogP contribution >= 0.6 is 0 Å². The largest absolute Gasteiger partial charge is 0.490 e. The van der Waals surface area contributed by atoms with E-state index >= 15 is 0 Å². The van der Waals surface area contributed by atoms with Crippen LogP contribution in [-0.2, 0) is 16.0 Å². The Morgan fingerprint density at radius 1 is 1.27 bits per heavy atom. The minimum Gasteiger partial charge on any atom is -0.475 e. The quantitative estimate of drug-likeness (QED) is 0.792. The first-order chi connectivity index (χ1) is 12.0. The van der Waals surface area contributed by atoms with Crippen molar-refractivity contribution in [1.29, 1.82) is 0 Å². The average molecular weight is 377 g/mol. The van der Waals surface area contributed by atoms with Gasteiger partial charge >= 0.3 is 12.1 Å². The van der Waals surface area contributed by atoms with Gasteiger partial charge in [0.05, 0.1) is 12.6 Å². The number of aromatic nitrogens is 1. The molecule has 0 bridgehead atoms. The number of halogens is 4. The summed E-state index contributed by atoms with van der Waals surface area (Å²) >= 11 is 0. The molecule has 0 saturated carbocycles. The minimum atomic E-state index is -5.08. The molecule has 1 spiro atoms. The molecule has 0 unspecified atom stereocenters. The zero-order chi connectivity index (χ0) is 19.5. The molecule has 0 atom stereocenters. The molecule has 2 aliphatic heterocycles. The second-order valence-corrected chi connectivity index (χ2v) is 6.69. The molecule has 1 aromatic rings. The van der Waals surface area contributed by atoms with Gasteiger partial charge in [-0.15, -0.1) is 0 Å². The van der Waals surface area contributed by atoms with Gasteiger partial charge in [-0.1, -0.05) is 0 Å². The highest BCUT2D eigenvalue weighted by Crippen LogP contribution is 2.39. The van der Waals surface area contributed by atoms with E-state index < -0.39 is 12.1 Å². The van der Waals surface area contributed by atoms with E-state index in [2.05, 4.69) is 16.9 Å². The van der Waals surface area contributed by atoms with Crippen LogP contribution in [0.25, 0.3) is 0 Å². The van der Waals surface area contributed by atoms with Crippen LogP contribution in [0, 0.1) is 11.2 Å². The molecule has 1 N–H and O–H groups in total. The molecule has 0 aliphatic carbocycles. The molecule has 10 heteroatoms. The standard InChI is InChI=1S/C14H18FN3O.C2HF3O2/c1-17-5-4-14(8-17)9-18(10-14)13(19)6-12-3-2-11(15)7-16-12;3-2(4,5)1(6)7/h2-3,7H,4-6,8-10H2,1H3;(H,6,7). The summed E-state index contributed by atoms with van der Waals surface area (Å²) in [6.07, 6.45) is -2.47. The molecule has 0 radical (unpaired) electrons. The van der Waals surface area contributed by atoms with E-state index in [-0.39, 0.29) is 18.1 Å². The van der Waals surface area contributed by atoms with Gasteiger partial charge < -0.3 is 14.9 Å². The summed E-state index contributed by atoms with van der Waals surface area (Å²) in [6.45, 7) is 3.93. The van der Waals surface area contributed by atoms with Crippen LogP contribution < -0.4 is 0 Å². The molecule has 0 aromatic carbocycles. The number of carboxylic acids is 1. The van der Waals surface area contributed by atoms with Crippen molar-refractivity contribution < 1.29 is 32.3 Å². The second kappa shape index (κ2) is 7.56. The Balaban J connectivity index is 0.000000298. The molecule has 3 rings (SSSR count). The Labute approximate surface area is 147 Å². The van der Waals surface area contributed by atoms with Crippen LogP contribution in [0.15, 0.2) is 18.3 Å². The fourth-order valence-corrected chi connectivity index (χ4v) is 3.13. The van der Waals surface area contributed by atoms with Crippen LogP contribution in [0.4, 0.5) is 17.6 Å². The topological polar surface area (TPSA) is 73.7 Å². The van der Waals surface area contributed by atoms with Gasteiger partial charge in [0.1, 0.15) is 5.82 Å². The predicted molar refractivity (Wildman–Crippen MR) is 82.7 cm³/mol. The van der Waals surface area contributed by atoms with Crippen LogP contribution in [0.3, 0.4) is 0 Å². The van der Waals surface area contributed by atoms with Gasteiger partial charge in [0, 0.05) is 30.7 Å². The predicted octanol–water partition coefficient (Wildman–Crippen LogP) is 1.56. The molecule has 26 heavy (non-hydrogen) atoms. The number of pyridine rings is 1. The van der Waals surface area contributed by atoms with Gasteiger partial charge in [0.25, 0.3) is 0 Å². The lowest BCUT2D eigenvalue weighted by Crippen LogP contribution is -2.59. The van der Waals surface area contributed by atoms with Crippen molar-refractivity contribution in [3.63, 3.8) is 0 Å². The number of alkyl halides is 3. The first-order valence-electron chi connectivity index (χ1n) is 7.88. The van der Waals surface area contributed by atoms with Crippen LogP contribution in [-0.4, -0.2) is 71.2 Å². The van der Waals surface area contributed by atoms with Crippen LogP contribution in [0.1, 0.15) is 12.1 Å². The zero-order valence-corrected chi connectivity index (χ0v) is 14.1. The van der Waals surface area contributed by atoms with Crippen molar-refractivity contribution in [2.24, 2.45) is 5.41 Å². The van der Waals surface area contributed by atoms with Gasteiger partial charge in [-0.05, 0) is 32.1 Å². The number of carbonyl (C=O) groups is 2. The number of hydrogen-bond donors (Lipinski definition) is 1. The molecule has 2 fully saturated rings. The van der Waals surface area contributed by atoms with E-state index in [0.717, 1.165) is 32.4 Å². The molecule has 2 aliphatic rings. The molecule has 2 saturated heterocycles. The van der Waals surface area contributed by atoms with E-state index in [1.165, 1.54) is 12.5 Å². The van der Waals surface area contributed by atoms with Gasteiger partial charge in [0.2, 0.25) is 5.91 Å². The van der Waals surface area contributed by atoms with Crippen molar-refractivity contribution >= 4 is 11.9 Å². The maximum atomic E-state index is 12.7. The maximum absolute atomic E-state index is 12.7. The third-order valence-corrected chi connectivity index (χ3v) is 4.40. The Bertz CT molecular complexity index is 658. The van der Waals surface area contributed by atoms with Crippen molar-refractivity contribution in [3.8, 4) is 0 Å². The highest BCUT2D eigenvalue weighted by molar-refractivity contribution is 5.79. The Morgan fingerprint density at radius 3 is 2.31 bits per heavy atom. The molecule has 1 aromatic heterocycles. The lowest BCUT2D eigenvalue weighted by Gasteiger charge is -2.48. The number of carbonyl (C=O) groups excluding carboxylic acids is 1. The van der Waals surface area contributed by atoms with Gasteiger partial charge in [-0.25, -0.2) is 9.18 Å². The Hall–Kier alpha value is -2.23. The van der Waals surface area contributed by atoms with E-state index in [1.807, 2.05) is 4.90 Å². The van der Waals surface area contributed by atoms with E-state index in [1.54, 1.807) is 6.07 Å². The summed E-state index contributed by atoms with van der Waals surface area (Å²) in [5.74, 6) is -3.03. The maximum Gasteiger partial charge on any atom is 0.490 e. The molecule has 3 heterocycles. The van der Waals surface area contributed by atoms with E-state index in [9.17, 15) is 22.4 Å². The number of likely N-dealkylation sites (tertiary alicyclic amines) is 2. The number of rotatable bonds is 2. The van der Waals surface area contributed by atoms with Gasteiger partial charge in [0.15, 0.2) is 0 Å². The number of aliphatic carboxylic acids is 1. The number of amides is 1. The number of nitrogens with zero attached hydrogens (tertiary/aromatic N) is 3. The monoisotopic (exact) mass is 377 g/mol. The molecular weight excluding hydrogens is 358 g/mol. The van der Waals surface area contributed by atoms with Crippen molar-refractivity contribution in [2.45, 2.75) is 19.0 Å². The van der Waals surface area contributed by atoms with Crippen molar-refractivity contribution in [1.82, 2.24) is 14.8 Å². The molecular formula is C16H19F4N3O3. The highest BCUT2D eigenvalue weighted by Gasteiger charge is 2.48. The lowest BCUT2D eigenvalue weighted by molar-refractivity contribution is -0.192. The average Bonchev–Trinajstić information content (AvgIpc) is 2.90. The van der Waals surface area contributed by atoms with Crippen molar-refractivity contribution in [3.05, 3.63) is 29.8 Å². The first-order valence-corrected chi connectivity index (χ1v) is 7.88. The number of carboxylic acid groups (broad SMARTS) is 1.